The highest BCUT2D eigenvalue weighted by Gasteiger charge is 2.28. The number of urea groups is 1. The summed E-state index contributed by atoms with van der Waals surface area (Å²) in [5, 5.41) is 5.77. The number of rotatable bonds is 4. The maximum Gasteiger partial charge on any atom is 0.323 e. The molecule has 0 fully saturated rings. The molecule has 0 radical (unpaired) electrons. The number of aryl methyl sites for hydroxylation is 1. The minimum Gasteiger partial charge on any atom is -0.331 e. The van der Waals surface area contributed by atoms with Crippen molar-refractivity contribution in [1.82, 2.24) is 10.2 Å². The molecule has 136 valence electrons. The summed E-state index contributed by atoms with van der Waals surface area (Å²) in [4.78, 5) is 39.3. The number of benzene rings is 1. The second-order valence-electron chi connectivity index (χ2n) is 6.43. The number of fused-ring (bicyclic) bond motifs is 1. The van der Waals surface area contributed by atoms with E-state index in [9.17, 15) is 14.4 Å². The molecule has 3 rings (SSSR count). The second kappa shape index (κ2) is 7.70. The van der Waals surface area contributed by atoms with Crippen LogP contribution in [0, 0.1) is 0 Å². The van der Waals surface area contributed by atoms with E-state index in [2.05, 4.69) is 10.6 Å². The van der Waals surface area contributed by atoms with Gasteiger partial charge in [0.25, 0.3) is 5.91 Å². The van der Waals surface area contributed by atoms with Gasteiger partial charge in [-0.25, -0.2) is 4.79 Å². The largest absolute Gasteiger partial charge is 0.331 e. The molecule has 1 heterocycles. The molecule has 0 aliphatic heterocycles. The standard InChI is InChI=1S/C19H21N3O3S/c1-22(2)19(25)21-17(24)16-13-9-6-10-14(13)26-18(16)20-15(23)11-12-7-4-3-5-8-12/h3-5,7-8H,6,9-11H2,1-2H3,(H,20,23)(H,21,24,25). The number of amides is 4. The molecule has 1 aliphatic carbocycles. The lowest BCUT2D eigenvalue weighted by Gasteiger charge is -2.12. The van der Waals surface area contributed by atoms with Gasteiger partial charge in [-0.15, -0.1) is 11.3 Å². The quantitative estimate of drug-likeness (QED) is 0.867. The highest BCUT2D eigenvalue weighted by Crippen LogP contribution is 2.39. The topological polar surface area (TPSA) is 78.5 Å². The SMILES string of the molecule is CN(C)C(=O)NC(=O)c1c(NC(=O)Cc2ccccc2)sc2c1CCC2. The van der Waals surface area contributed by atoms with Crippen molar-refractivity contribution < 1.29 is 14.4 Å². The number of anilines is 1. The van der Waals surface area contributed by atoms with Crippen LogP contribution >= 0.6 is 11.3 Å². The van der Waals surface area contributed by atoms with Crippen LogP contribution in [0.3, 0.4) is 0 Å². The molecule has 26 heavy (non-hydrogen) atoms. The number of nitrogens with one attached hydrogen (secondary N) is 2. The van der Waals surface area contributed by atoms with Crippen LogP contribution in [-0.4, -0.2) is 36.8 Å². The normalized spacial score (nSPS) is 12.4. The Bertz CT molecular complexity index is 843. The molecule has 0 unspecified atom stereocenters. The monoisotopic (exact) mass is 371 g/mol. The molecule has 7 heteroatoms. The Balaban J connectivity index is 1.80. The Morgan fingerprint density at radius 3 is 2.54 bits per heavy atom. The average molecular weight is 371 g/mol. The fourth-order valence-corrected chi connectivity index (χ4v) is 4.26. The van der Waals surface area contributed by atoms with Crippen molar-refractivity contribution in [3.8, 4) is 0 Å². The van der Waals surface area contributed by atoms with Crippen molar-refractivity contribution in [2.24, 2.45) is 0 Å². The number of hydrogen-bond acceptors (Lipinski definition) is 4. The predicted octanol–water partition coefficient (Wildman–Crippen LogP) is 2.83. The van der Waals surface area contributed by atoms with Gasteiger partial charge in [-0.3, -0.25) is 14.9 Å². The lowest BCUT2D eigenvalue weighted by Crippen LogP contribution is -2.39. The Kier molecular flexibility index (Phi) is 5.37. The molecule has 1 aliphatic rings. The molecule has 6 nitrogen and oxygen atoms in total. The maximum absolute atomic E-state index is 12.6. The van der Waals surface area contributed by atoms with Gasteiger partial charge < -0.3 is 10.2 Å². The van der Waals surface area contributed by atoms with Gasteiger partial charge in [-0.1, -0.05) is 30.3 Å². The van der Waals surface area contributed by atoms with Crippen molar-refractivity contribution in [2.75, 3.05) is 19.4 Å². The van der Waals surface area contributed by atoms with Crippen molar-refractivity contribution in [1.29, 1.82) is 0 Å². The van der Waals surface area contributed by atoms with Crippen LogP contribution < -0.4 is 10.6 Å². The average Bonchev–Trinajstić information content (AvgIpc) is 3.15. The van der Waals surface area contributed by atoms with Crippen molar-refractivity contribution >= 4 is 34.2 Å². The van der Waals surface area contributed by atoms with Crippen molar-refractivity contribution in [3.05, 3.63) is 51.9 Å². The molecular formula is C19H21N3O3S. The Morgan fingerprint density at radius 2 is 1.85 bits per heavy atom. The highest BCUT2D eigenvalue weighted by atomic mass is 32.1. The van der Waals surface area contributed by atoms with Gasteiger partial charge in [0, 0.05) is 19.0 Å². The molecule has 0 atom stereocenters. The summed E-state index contributed by atoms with van der Waals surface area (Å²) in [6, 6.07) is 8.96. The molecule has 0 saturated carbocycles. The van der Waals surface area contributed by atoms with E-state index in [-0.39, 0.29) is 12.3 Å². The fraction of sp³-hybridized carbons (Fsp3) is 0.316. The van der Waals surface area contributed by atoms with Crippen LogP contribution in [0.25, 0.3) is 0 Å². The molecular weight excluding hydrogens is 350 g/mol. The first-order chi connectivity index (χ1) is 12.5. The lowest BCUT2D eigenvalue weighted by atomic mass is 10.1. The Hall–Kier alpha value is -2.67. The lowest BCUT2D eigenvalue weighted by molar-refractivity contribution is -0.115. The van der Waals surface area contributed by atoms with Crippen LogP contribution in [0.4, 0.5) is 9.80 Å². The second-order valence-corrected chi connectivity index (χ2v) is 7.53. The van der Waals surface area contributed by atoms with Gasteiger partial charge in [0.05, 0.1) is 12.0 Å². The van der Waals surface area contributed by atoms with E-state index in [1.165, 1.54) is 16.2 Å². The molecule has 1 aromatic carbocycles. The minimum absolute atomic E-state index is 0.177. The zero-order chi connectivity index (χ0) is 18.7. The first kappa shape index (κ1) is 18.1. The molecule has 1 aromatic heterocycles. The summed E-state index contributed by atoms with van der Waals surface area (Å²) in [5.74, 6) is -0.637. The zero-order valence-corrected chi connectivity index (χ0v) is 15.6. The van der Waals surface area contributed by atoms with Crippen LogP contribution in [0.5, 0.6) is 0 Å². The van der Waals surface area contributed by atoms with Crippen molar-refractivity contribution in [3.63, 3.8) is 0 Å². The van der Waals surface area contributed by atoms with Gasteiger partial charge in [-0.05, 0) is 30.4 Å². The fourth-order valence-electron chi connectivity index (χ4n) is 2.96. The molecule has 0 saturated heterocycles. The van der Waals surface area contributed by atoms with Crippen LogP contribution in [0.2, 0.25) is 0 Å². The summed E-state index contributed by atoms with van der Waals surface area (Å²) in [5.41, 5.74) is 2.29. The van der Waals surface area contributed by atoms with E-state index in [1.807, 2.05) is 30.3 Å². The third-order valence-electron chi connectivity index (χ3n) is 4.24. The number of imide groups is 1. The Labute approximate surface area is 156 Å². The first-order valence-corrected chi connectivity index (χ1v) is 9.28. The number of carbonyl (C=O) groups excluding carboxylic acids is 3. The Morgan fingerprint density at radius 1 is 1.12 bits per heavy atom. The molecule has 2 N–H and O–H groups in total. The third kappa shape index (κ3) is 3.94. The van der Waals surface area contributed by atoms with Crippen LogP contribution in [-0.2, 0) is 24.1 Å². The van der Waals surface area contributed by atoms with Gasteiger partial charge >= 0.3 is 6.03 Å². The van der Waals surface area contributed by atoms with Gasteiger partial charge in [0.15, 0.2) is 0 Å². The van der Waals surface area contributed by atoms with Gasteiger partial charge in [-0.2, -0.15) is 0 Å². The third-order valence-corrected chi connectivity index (χ3v) is 5.44. The predicted molar refractivity (Wildman–Crippen MR) is 102 cm³/mol. The molecule has 2 aromatic rings. The number of carbonyl (C=O) groups is 3. The summed E-state index contributed by atoms with van der Waals surface area (Å²) < 4.78 is 0. The summed E-state index contributed by atoms with van der Waals surface area (Å²) in [7, 11) is 3.15. The summed E-state index contributed by atoms with van der Waals surface area (Å²) >= 11 is 1.43. The number of hydrogen-bond donors (Lipinski definition) is 2. The molecule has 0 bridgehead atoms. The summed E-state index contributed by atoms with van der Waals surface area (Å²) in [6.07, 6.45) is 2.91. The van der Waals surface area contributed by atoms with Crippen LogP contribution in [0.15, 0.2) is 30.3 Å². The summed E-state index contributed by atoms with van der Waals surface area (Å²) in [6.45, 7) is 0. The van der Waals surface area contributed by atoms with E-state index in [4.69, 9.17) is 0 Å². The van der Waals surface area contributed by atoms with Gasteiger partial charge in [0.2, 0.25) is 5.91 Å². The molecule has 0 spiro atoms. The maximum atomic E-state index is 12.6. The van der Waals surface area contributed by atoms with E-state index < -0.39 is 11.9 Å². The first-order valence-electron chi connectivity index (χ1n) is 8.46. The molecule has 4 amide bonds. The van der Waals surface area contributed by atoms with E-state index >= 15 is 0 Å². The van der Waals surface area contributed by atoms with Crippen LogP contribution in [0.1, 0.15) is 32.8 Å². The highest BCUT2D eigenvalue weighted by molar-refractivity contribution is 7.17. The number of thiophene rings is 1. The van der Waals surface area contributed by atoms with E-state index in [0.717, 1.165) is 35.3 Å². The smallest absolute Gasteiger partial charge is 0.323 e. The van der Waals surface area contributed by atoms with Crippen molar-refractivity contribution in [2.45, 2.75) is 25.7 Å². The zero-order valence-electron chi connectivity index (χ0n) is 14.8. The number of nitrogens with zero attached hydrogens (tertiary/aromatic N) is 1. The minimum atomic E-state index is -0.477. The van der Waals surface area contributed by atoms with E-state index in [0.29, 0.717) is 10.6 Å². The van der Waals surface area contributed by atoms with Gasteiger partial charge in [0.1, 0.15) is 5.00 Å². The van der Waals surface area contributed by atoms with E-state index in [1.54, 1.807) is 14.1 Å².